The third kappa shape index (κ3) is 5.99. The number of rotatable bonds is 11. The van der Waals surface area contributed by atoms with E-state index in [9.17, 15) is 5.11 Å². The topological polar surface area (TPSA) is 115 Å². The van der Waals surface area contributed by atoms with E-state index in [0.717, 1.165) is 79.0 Å². The highest BCUT2D eigenvalue weighted by Crippen LogP contribution is 2.42. The summed E-state index contributed by atoms with van der Waals surface area (Å²) in [5.74, 6) is 2.03. The van der Waals surface area contributed by atoms with Crippen LogP contribution in [0.2, 0.25) is 0 Å². The Labute approximate surface area is 237 Å². The van der Waals surface area contributed by atoms with E-state index in [4.69, 9.17) is 16.2 Å². The van der Waals surface area contributed by atoms with Crippen LogP contribution in [-0.4, -0.2) is 55.8 Å². The highest BCUT2D eigenvalue weighted by Gasteiger charge is 2.39. The number of nitrogens with two attached hydrogens (primary N) is 2. The second-order valence-electron chi connectivity index (χ2n) is 11.0. The van der Waals surface area contributed by atoms with Crippen LogP contribution in [0.15, 0.2) is 67.1 Å². The number of para-hydroxylation sites is 1. The van der Waals surface area contributed by atoms with Crippen LogP contribution in [-0.2, 0) is 0 Å². The Morgan fingerprint density at radius 2 is 1.70 bits per heavy atom. The Bertz CT molecular complexity index is 1380. The molecule has 1 unspecified atom stereocenters. The molecular weight excluding hydrogens is 500 g/mol. The zero-order chi connectivity index (χ0) is 28.1. The Morgan fingerprint density at radius 1 is 1.02 bits per heavy atom. The standard InChI is InChI=1S/C32H42N6O2/c1-3-37(4-2)20-8-11-28(33)32(39)18-16-24(17-19-32)38-21-27(29-30(34)35-22-36-31(29)38)23-12-14-26(15-13-23)40-25-9-6-5-7-10-25/h5-7,9-10,12-15,21-22,24,28,39H,3-4,8,11,16-20,33H2,1-2H3,(H2,34,35,36). The molecule has 212 valence electrons. The Balaban J connectivity index is 1.31. The van der Waals surface area contributed by atoms with Gasteiger partial charge in [-0.05, 0) is 88.0 Å². The van der Waals surface area contributed by atoms with Crippen LogP contribution in [0.25, 0.3) is 22.2 Å². The van der Waals surface area contributed by atoms with Gasteiger partial charge < -0.3 is 30.8 Å². The molecule has 1 saturated carbocycles. The molecule has 0 amide bonds. The van der Waals surface area contributed by atoms with Crippen molar-refractivity contribution in [2.45, 2.75) is 70.1 Å². The van der Waals surface area contributed by atoms with Crippen LogP contribution in [0.3, 0.4) is 0 Å². The van der Waals surface area contributed by atoms with E-state index in [0.29, 0.717) is 18.7 Å². The summed E-state index contributed by atoms with van der Waals surface area (Å²) in [6.07, 6.45) is 8.51. The van der Waals surface area contributed by atoms with Crippen molar-refractivity contribution in [1.82, 2.24) is 19.4 Å². The molecule has 1 atom stereocenters. The van der Waals surface area contributed by atoms with E-state index < -0.39 is 5.60 Å². The number of benzene rings is 2. The number of hydrogen-bond acceptors (Lipinski definition) is 7. The van der Waals surface area contributed by atoms with Gasteiger partial charge in [0.25, 0.3) is 0 Å². The second kappa shape index (κ2) is 12.4. The largest absolute Gasteiger partial charge is 0.457 e. The summed E-state index contributed by atoms with van der Waals surface area (Å²) in [5.41, 5.74) is 15.0. The summed E-state index contributed by atoms with van der Waals surface area (Å²) in [7, 11) is 0. The molecule has 5 N–H and O–H groups in total. The molecule has 8 nitrogen and oxygen atoms in total. The number of fused-ring (bicyclic) bond motifs is 1. The SMILES string of the molecule is CCN(CC)CCCC(N)C1(O)CCC(n2cc(-c3ccc(Oc4ccccc4)cc3)c3c(N)ncnc32)CC1. The average Bonchev–Trinajstić information content (AvgIpc) is 3.37. The minimum Gasteiger partial charge on any atom is -0.457 e. The van der Waals surface area contributed by atoms with E-state index >= 15 is 0 Å². The molecule has 0 aliphatic heterocycles. The lowest BCUT2D eigenvalue weighted by Crippen LogP contribution is -2.50. The molecule has 0 bridgehead atoms. The summed E-state index contributed by atoms with van der Waals surface area (Å²) in [4.78, 5) is 11.3. The number of anilines is 1. The summed E-state index contributed by atoms with van der Waals surface area (Å²) in [6, 6.07) is 17.7. The molecule has 2 aromatic carbocycles. The van der Waals surface area contributed by atoms with Gasteiger partial charge in [0.2, 0.25) is 0 Å². The van der Waals surface area contributed by atoms with E-state index in [-0.39, 0.29) is 12.1 Å². The molecule has 40 heavy (non-hydrogen) atoms. The third-order valence-corrected chi connectivity index (χ3v) is 8.57. The van der Waals surface area contributed by atoms with E-state index in [1.807, 2.05) is 54.6 Å². The van der Waals surface area contributed by atoms with Crippen molar-refractivity contribution in [3.63, 3.8) is 0 Å². The lowest BCUT2D eigenvalue weighted by molar-refractivity contribution is -0.0318. The van der Waals surface area contributed by atoms with Gasteiger partial charge in [-0.15, -0.1) is 0 Å². The Hall–Kier alpha value is -3.46. The normalized spacial score (nSPS) is 20.2. The van der Waals surface area contributed by atoms with Crippen LogP contribution < -0.4 is 16.2 Å². The molecule has 4 aromatic rings. The summed E-state index contributed by atoms with van der Waals surface area (Å²) < 4.78 is 8.20. The van der Waals surface area contributed by atoms with Crippen LogP contribution in [0.1, 0.15) is 58.4 Å². The van der Waals surface area contributed by atoms with Crippen molar-refractivity contribution in [2.24, 2.45) is 5.73 Å². The Morgan fingerprint density at radius 3 is 2.38 bits per heavy atom. The third-order valence-electron chi connectivity index (χ3n) is 8.57. The first-order valence-corrected chi connectivity index (χ1v) is 14.6. The number of nitrogens with zero attached hydrogens (tertiary/aromatic N) is 4. The van der Waals surface area contributed by atoms with Gasteiger partial charge in [-0.3, -0.25) is 0 Å². The van der Waals surface area contributed by atoms with Gasteiger partial charge in [-0.2, -0.15) is 0 Å². The van der Waals surface area contributed by atoms with Crippen molar-refractivity contribution >= 4 is 16.9 Å². The van der Waals surface area contributed by atoms with Crippen LogP contribution in [0.4, 0.5) is 5.82 Å². The first-order chi connectivity index (χ1) is 19.4. The minimum atomic E-state index is -0.825. The summed E-state index contributed by atoms with van der Waals surface area (Å²) in [5, 5.41) is 12.3. The zero-order valence-electron chi connectivity index (χ0n) is 23.7. The monoisotopic (exact) mass is 542 g/mol. The Kier molecular flexibility index (Phi) is 8.69. The van der Waals surface area contributed by atoms with Gasteiger partial charge in [-0.25, -0.2) is 9.97 Å². The van der Waals surface area contributed by atoms with Crippen molar-refractivity contribution in [3.05, 3.63) is 67.1 Å². The molecule has 2 heterocycles. The molecule has 0 radical (unpaired) electrons. The fraction of sp³-hybridized carbons (Fsp3) is 0.438. The van der Waals surface area contributed by atoms with Crippen molar-refractivity contribution < 1.29 is 9.84 Å². The lowest BCUT2D eigenvalue weighted by atomic mass is 9.76. The zero-order valence-corrected chi connectivity index (χ0v) is 23.7. The van der Waals surface area contributed by atoms with E-state index in [1.54, 1.807) is 0 Å². The number of aliphatic hydroxyl groups is 1. The predicted octanol–water partition coefficient (Wildman–Crippen LogP) is 5.77. The van der Waals surface area contributed by atoms with Gasteiger partial charge in [0, 0.05) is 23.8 Å². The molecule has 0 saturated heterocycles. The van der Waals surface area contributed by atoms with Gasteiger partial charge in [0.1, 0.15) is 29.3 Å². The maximum Gasteiger partial charge on any atom is 0.146 e. The molecule has 1 aliphatic carbocycles. The van der Waals surface area contributed by atoms with Gasteiger partial charge in [-0.1, -0.05) is 44.2 Å². The number of aromatic nitrogens is 3. The van der Waals surface area contributed by atoms with Crippen LogP contribution >= 0.6 is 0 Å². The van der Waals surface area contributed by atoms with Crippen LogP contribution in [0, 0.1) is 0 Å². The van der Waals surface area contributed by atoms with Crippen molar-refractivity contribution in [2.75, 3.05) is 25.4 Å². The van der Waals surface area contributed by atoms with E-state index in [2.05, 4.69) is 39.5 Å². The predicted molar refractivity (Wildman–Crippen MR) is 161 cm³/mol. The molecular formula is C32H42N6O2. The molecule has 1 aliphatic rings. The maximum atomic E-state index is 11.5. The maximum absolute atomic E-state index is 11.5. The molecule has 5 rings (SSSR count). The summed E-state index contributed by atoms with van der Waals surface area (Å²) in [6.45, 7) is 7.48. The lowest BCUT2D eigenvalue weighted by Gasteiger charge is -2.40. The number of ether oxygens (including phenoxy) is 1. The van der Waals surface area contributed by atoms with Crippen LogP contribution in [0.5, 0.6) is 11.5 Å². The molecule has 2 aromatic heterocycles. The van der Waals surface area contributed by atoms with Crippen molar-refractivity contribution in [1.29, 1.82) is 0 Å². The first-order valence-electron chi connectivity index (χ1n) is 14.6. The highest BCUT2D eigenvalue weighted by atomic mass is 16.5. The smallest absolute Gasteiger partial charge is 0.146 e. The van der Waals surface area contributed by atoms with Gasteiger partial charge in [0.15, 0.2) is 0 Å². The fourth-order valence-corrected chi connectivity index (χ4v) is 6.03. The quantitative estimate of drug-likeness (QED) is 0.220. The molecule has 0 spiro atoms. The fourth-order valence-electron chi connectivity index (χ4n) is 6.03. The average molecular weight is 543 g/mol. The van der Waals surface area contributed by atoms with Gasteiger partial charge in [0.05, 0.1) is 11.0 Å². The first kappa shape index (κ1) is 28.1. The van der Waals surface area contributed by atoms with Gasteiger partial charge >= 0.3 is 0 Å². The highest BCUT2D eigenvalue weighted by molar-refractivity contribution is 6.00. The van der Waals surface area contributed by atoms with E-state index in [1.165, 1.54) is 6.33 Å². The summed E-state index contributed by atoms with van der Waals surface area (Å²) >= 11 is 0. The molecule has 8 heteroatoms. The number of hydrogen-bond donors (Lipinski definition) is 3. The minimum absolute atomic E-state index is 0.203. The number of nitrogen functional groups attached to an aromatic ring is 1. The molecule has 1 fully saturated rings. The second-order valence-corrected chi connectivity index (χ2v) is 11.0. The van der Waals surface area contributed by atoms with Crippen molar-refractivity contribution in [3.8, 4) is 22.6 Å².